The maximum atomic E-state index is 13.2. The summed E-state index contributed by atoms with van der Waals surface area (Å²) in [4.78, 5) is 0.241. The molecule has 0 bridgehead atoms. The second-order valence-electron chi connectivity index (χ2n) is 5.70. The lowest BCUT2D eigenvalue weighted by Crippen LogP contribution is -2.32. The topological polar surface area (TPSA) is 46.6 Å². The number of hydrogen-bond acceptors (Lipinski definition) is 3. The summed E-state index contributed by atoms with van der Waals surface area (Å²) in [5, 5.41) is 0. The minimum Gasteiger partial charge on any atom is -0.496 e. The van der Waals surface area contributed by atoms with Gasteiger partial charge in [0.2, 0.25) is 0 Å². The number of para-hydroxylation sites is 1. The molecule has 0 unspecified atom stereocenters. The van der Waals surface area contributed by atoms with E-state index in [0.29, 0.717) is 11.4 Å². The highest BCUT2D eigenvalue weighted by Crippen LogP contribution is 2.31. The quantitative estimate of drug-likeness (QED) is 0.744. The number of nitrogens with zero attached hydrogens (tertiary/aromatic N) is 1. The van der Waals surface area contributed by atoms with E-state index in [1.165, 1.54) is 4.31 Å². The molecule has 0 spiro atoms. The Bertz CT molecular complexity index is 837. The van der Waals surface area contributed by atoms with Crippen LogP contribution in [0.3, 0.4) is 0 Å². The Balaban J connectivity index is 2.62. The van der Waals surface area contributed by atoms with E-state index in [2.05, 4.69) is 6.58 Å². The summed E-state index contributed by atoms with van der Waals surface area (Å²) in [5.41, 5.74) is 3.29. The molecular weight excluding hydrogens is 322 g/mol. The largest absolute Gasteiger partial charge is 0.496 e. The maximum Gasteiger partial charge on any atom is 0.264 e. The number of rotatable bonds is 6. The molecule has 0 fully saturated rings. The van der Waals surface area contributed by atoms with Crippen molar-refractivity contribution in [3.63, 3.8) is 0 Å². The summed E-state index contributed by atoms with van der Waals surface area (Å²) in [7, 11) is -2.14. The van der Waals surface area contributed by atoms with Crippen LogP contribution in [0.1, 0.15) is 16.7 Å². The predicted molar refractivity (Wildman–Crippen MR) is 98.4 cm³/mol. The first-order valence-corrected chi connectivity index (χ1v) is 9.11. The third-order valence-corrected chi connectivity index (χ3v) is 5.70. The van der Waals surface area contributed by atoms with Crippen molar-refractivity contribution in [3.05, 3.63) is 65.7 Å². The highest BCUT2D eigenvalue weighted by atomic mass is 32.2. The summed E-state index contributed by atoms with van der Waals surface area (Å²) in [6, 6.07) is 10.6. The molecule has 0 saturated heterocycles. The molecule has 0 saturated carbocycles. The van der Waals surface area contributed by atoms with Crippen molar-refractivity contribution in [2.75, 3.05) is 18.0 Å². The Morgan fingerprint density at radius 2 is 1.71 bits per heavy atom. The molecule has 0 aliphatic rings. The lowest BCUT2D eigenvalue weighted by molar-refractivity contribution is 0.411. The fourth-order valence-corrected chi connectivity index (χ4v) is 4.41. The number of sulfonamides is 1. The van der Waals surface area contributed by atoms with E-state index < -0.39 is 10.0 Å². The SMILES string of the molecule is C=CCN(c1c(C)cccc1C)S(=O)(=O)c1ccc(OC)c(C)c1. The fourth-order valence-electron chi connectivity index (χ4n) is 2.76. The molecule has 5 heteroatoms. The summed E-state index contributed by atoms with van der Waals surface area (Å²) in [6.07, 6.45) is 1.60. The molecule has 0 heterocycles. The number of benzene rings is 2. The van der Waals surface area contributed by atoms with E-state index in [-0.39, 0.29) is 11.4 Å². The molecule has 128 valence electrons. The van der Waals surface area contributed by atoms with Gasteiger partial charge in [-0.15, -0.1) is 6.58 Å². The molecule has 0 amide bonds. The van der Waals surface area contributed by atoms with E-state index in [4.69, 9.17) is 4.74 Å². The Morgan fingerprint density at radius 1 is 1.08 bits per heavy atom. The van der Waals surface area contributed by atoms with Crippen LogP contribution >= 0.6 is 0 Å². The fraction of sp³-hybridized carbons (Fsp3) is 0.263. The van der Waals surface area contributed by atoms with Gasteiger partial charge in [0.1, 0.15) is 5.75 Å². The van der Waals surface area contributed by atoms with Crippen LogP contribution in [0.25, 0.3) is 0 Å². The molecule has 2 rings (SSSR count). The third-order valence-electron chi connectivity index (χ3n) is 3.94. The molecule has 0 N–H and O–H groups in total. The van der Waals surface area contributed by atoms with Gasteiger partial charge in [-0.3, -0.25) is 4.31 Å². The summed E-state index contributed by atoms with van der Waals surface area (Å²) in [5.74, 6) is 0.663. The Hall–Kier alpha value is -2.27. The van der Waals surface area contributed by atoms with Gasteiger partial charge >= 0.3 is 0 Å². The highest BCUT2D eigenvalue weighted by Gasteiger charge is 2.26. The van der Waals surface area contributed by atoms with Gasteiger partial charge in [0.15, 0.2) is 0 Å². The van der Waals surface area contributed by atoms with E-state index in [1.807, 2.05) is 39.0 Å². The number of hydrogen-bond donors (Lipinski definition) is 0. The van der Waals surface area contributed by atoms with Crippen LogP contribution in [0.15, 0.2) is 53.9 Å². The number of ether oxygens (including phenoxy) is 1. The molecule has 0 aromatic heterocycles. The van der Waals surface area contributed by atoms with Crippen molar-refractivity contribution >= 4 is 15.7 Å². The van der Waals surface area contributed by atoms with E-state index in [1.54, 1.807) is 31.4 Å². The number of methoxy groups -OCH3 is 1. The molecule has 0 atom stereocenters. The number of anilines is 1. The average molecular weight is 345 g/mol. The molecule has 0 aliphatic carbocycles. The van der Waals surface area contributed by atoms with Crippen molar-refractivity contribution < 1.29 is 13.2 Å². The van der Waals surface area contributed by atoms with Crippen LogP contribution in [0.2, 0.25) is 0 Å². The highest BCUT2D eigenvalue weighted by molar-refractivity contribution is 7.92. The molecule has 2 aromatic carbocycles. The van der Waals surface area contributed by atoms with Gasteiger partial charge in [-0.2, -0.15) is 0 Å². The van der Waals surface area contributed by atoms with Crippen molar-refractivity contribution in [3.8, 4) is 5.75 Å². The minimum absolute atomic E-state index is 0.207. The van der Waals surface area contributed by atoms with Gasteiger partial charge in [-0.1, -0.05) is 24.3 Å². The van der Waals surface area contributed by atoms with Crippen molar-refractivity contribution in [1.29, 1.82) is 0 Å². The summed E-state index contributed by atoms with van der Waals surface area (Å²) >= 11 is 0. The minimum atomic E-state index is -3.70. The van der Waals surface area contributed by atoms with Crippen molar-refractivity contribution in [2.24, 2.45) is 0 Å². The Kier molecular flexibility index (Phi) is 5.34. The van der Waals surface area contributed by atoms with Gasteiger partial charge in [-0.05, 0) is 55.7 Å². The van der Waals surface area contributed by atoms with Crippen LogP contribution < -0.4 is 9.04 Å². The molecule has 4 nitrogen and oxygen atoms in total. The van der Waals surface area contributed by atoms with E-state index in [0.717, 1.165) is 16.7 Å². The summed E-state index contributed by atoms with van der Waals surface area (Å²) in [6.45, 7) is 9.57. The Labute approximate surface area is 144 Å². The maximum absolute atomic E-state index is 13.2. The van der Waals surface area contributed by atoms with Crippen LogP contribution in [-0.4, -0.2) is 22.1 Å². The first-order chi connectivity index (χ1) is 11.3. The first kappa shape index (κ1) is 18.1. The van der Waals surface area contributed by atoms with Crippen LogP contribution in [0, 0.1) is 20.8 Å². The molecule has 24 heavy (non-hydrogen) atoms. The third kappa shape index (κ3) is 3.31. The van der Waals surface area contributed by atoms with Gasteiger partial charge in [0, 0.05) is 0 Å². The first-order valence-electron chi connectivity index (χ1n) is 7.67. The zero-order valence-corrected chi connectivity index (χ0v) is 15.4. The van der Waals surface area contributed by atoms with E-state index in [9.17, 15) is 8.42 Å². The monoisotopic (exact) mass is 345 g/mol. The van der Waals surface area contributed by atoms with Crippen molar-refractivity contribution in [2.45, 2.75) is 25.7 Å². The van der Waals surface area contributed by atoms with Gasteiger partial charge in [0.25, 0.3) is 10.0 Å². The standard InChI is InChI=1S/C19H23NO3S/c1-6-12-20(19-14(2)8-7-9-15(19)3)24(21,22)17-10-11-18(23-5)16(4)13-17/h6-11,13H,1,12H2,2-5H3. The predicted octanol–water partition coefficient (Wildman–Crippen LogP) is 4.00. The van der Waals surface area contributed by atoms with Crippen molar-refractivity contribution in [1.82, 2.24) is 0 Å². The zero-order valence-electron chi connectivity index (χ0n) is 14.5. The Morgan fingerprint density at radius 3 is 2.21 bits per heavy atom. The summed E-state index contributed by atoms with van der Waals surface area (Å²) < 4.78 is 33.1. The van der Waals surface area contributed by atoms with Gasteiger partial charge < -0.3 is 4.74 Å². The molecule has 0 radical (unpaired) electrons. The average Bonchev–Trinajstić information content (AvgIpc) is 2.53. The van der Waals surface area contributed by atoms with Crippen LogP contribution in [-0.2, 0) is 10.0 Å². The normalized spacial score (nSPS) is 11.2. The smallest absolute Gasteiger partial charge is 0.264 e. The lowest BCUT2D eigenvalue weighted by atomic mass is 10.1. The van der Waals surface area contributed by atoms with Crippen LogP contribution in [0.4, 0.5) is 5.69 Å². The van der Waals surface area contributed by atoms with E-state index >= 15 is 0 Å². The lowest BCUT2D eigenvalue weighted by Gasteiger charge is -2.26. The second-order valence-corrected chi connectivity index (χ2v) is 7.56. The second kappa shape index (κ2) is 7.09. The van der Waals surface area contributed by atoms with Gasteiger partial charge in [-0.25, -0.2) is 8.42 Å². The zero-order chi connectivity index (χ0) is 17.9. The molecular formula is C19H23NO3S. The molecule has 2 aromatic rings. The van der Waals surface area contributed by atoms with Gasteiger partial charge in [0.05, 0.1) is 24.2 Å². The van der Waals surface area contributed by atoms with Crippen LogP contribution in [0.5, 0.6) is 5.75 Å². The molecule has 0 aliphatic heterocycles. The number of aryl methyl sites for hydroxylation is 3.